The second kappa shape index (κ2) is 11.9. The van der Waals surface area contributed by atoms with Crippen molar-refractivity contribution in [3.8, 4) is 0 Å². The highest BCUT2D eigenvalue weighted by atomic mass is 32.2. The molecule has 1 aromatic heterocycles. The number of benzene rings is 1. The van der Waals surface area contributed by atoms with Crippen molar-refractivity contribution < 1.29 is 28.7 Å². The van der Waals surface area contributed by atoms with E-state index >= 15 is 0 Å². The number of esters is 2. The lowest BCUT2D eigenvalue weighted by molar-refractivity contribution is -0.127. The van der Waals surface area contributed by atoms with Crippen molar-refractivity contribution in [2.24, 2.45) is 0 Å². The van der Waals surface area contributed by atoms with Gasteiger partial charge in [-0.25, -0.2) is 9.59 Å². The lowest BCUT2D eigenvalue weighted by atomic mass is 10.2. The highest BCUT2D eigenvalue weighted by molar-refractivity contribution is 8.00. The first-order chi connectivity index (χ1) is 15.9. The van der Waals surface area contributed by atoms with Crippen LogP contribution in [0.15, 0.2) is 35.2 Å². The van der Waals surface area contributed by atoms with Gasteiger partial charge < -0.3 is 19.7 Å². The first-order valence-electron chi connectivity index (χ1n) is 10.6. The number of aryl methyl sites for hydroxylation is 1. The van der Waals surface area contributed by atoms with Crippen LogP contribution in [0.3, 0.4) is 0 Å². The van der Waals surface area contributed by atoms with Crippen molar-refractivity contribution in [3.05, 3.63) is 46.3 Å². The molecule has 0 saturated carbocycles. The van der Waals surface area contributed by atoms with Crippen LogP contribution in [0.2, 0.25) is 0 Å². The molecule has 33 heavy (non-hydrogen) atoms. The Kier molecular flexibility index (Phi) is 8.90. The van der Waals surface area contributed by atoms with E-state index in [0.29, 0.717) is 25.9 Å². The van der Waals surface area contributed by atoms with E-state index in [1.807, 2.05) is 4.90 Å². The standard InChI is InChI=1S/C23H26N2O6S2/c1-3-30-23(29)21-15(2)12-19(33-21)24-18(26)13-31-22(28)16-8-4-5-9-17(16)32-14-20(27)25-10-6-7-11-25/h4-5,8-9,12H,3,6-7,10-11,13-14H2,1-2H3,(H,24,26). The zero-order valence-electron chi connectivity index (χ0n) is 18.5. The first kappa shape index (κ1) is 24.8. The summed E-state index contributed by atoms with van der Waals surface area (Å²) in [6.07, 6.45) is 2.05. The zero-order valence-corrected chi connectivity index (χ0v) is 20.2. The Labute approximate surface area is 200 Å². The predicted molar refractivity (Wildman–Crippen MR) is 127 cm³/mol. The van der Waals surface area contributed by atoms with Gasteiger partial charge in [0.1, 0.15) is 4.88 Å². The van der Waals surface area contributed by atoms with Gasteiger partial charge in [-0.3, -0.25) is 9.59 Å². The van der Waals surface area contributed by atoms with E-state index in [1.165, 1.54) is 11.8 Å². The normalized spacial score (nSPS) is 13.0. The second-order valence-electron chi connectivity index (χ2n) is 7.34. The number of nitrogens with one attached hydrogen (secondary N) is 1. The summed E-state index contributed by atoms with van der Waals surface area (Å²) < 4.78 is 10.2. The maximum atomic E-state index is 12.6. The fraction of sp³-hybridized carbons (Fsp3) is 0.391. The SMILES string of the molecule is CCOC(=O)c1sc(NC(=O)COC(=O)c2ccccc2SCC(=O)N2CCCC2)cc1C. The number of amides is 2. The second-order valence-corrected chi connectivity index (χ2v) is 9.41. The Morgan fingerprint density at radius 1 is 1.09 bits per heavy atom. The summed E-state index contributed by atoms with van der Waals surface area (Å²) >= 11 is 2.39. The lowest BCUT2D eigenvalue weighted by Crippen LogP contribution is -2.29. The highest BCUT2D eigenvalue weighted by Crippen LogP contribution is 2.28. The van der Waals surface area contributed by atoms with E-state index in [4.69, 9.17) is 9.47 Å². The Balaban J connectivity index is 1.53. The number of hydrogen-bond donors (Lipinski definition) is 1. The molecule has 0 radical (unpaired) electrons. The van der Waals surface area contributed by atoms with Crippen LogP contribution < -0.4 is 5.32 Å². The van der Waals surface area contributed by atoms with Gasteiger partial charge in [0.05, 0.1) is 22.9 Å². The van der Waals surface area contributed by atoms with E-state index < -0.39 is 24.5 Å². The molecular formula is C23H26N2O6S2. The van der Waals surface area contributed by atoms with Crippen LogP contribution in [0.5, 0.6) is 0 Å². The summed E-state index contributed by atoms with van der Waals surface area (Å²) in [5.41, 5.74) is 1.00. The molecular weight excluding hydrogens is 464 g/mol. The molecule has 2 amide bonds. The Morgan fingerprint density at radius 2 is 1.82 bits per heavy atom. The number of hydrogen-bond acceptors (Lipinski definition) is 8. The third kappa shape index (κ3) is 6.82. The van der Waals surface area contributed by atoms with Crippen molar-refractivity contribution in [3.63, 3.8) is 0 Å². The summed E-state index contributed by atoms with van der Waals surface area (Å²) in [4.78, 5) is 51.9. The first-order valence-corrected chi connectivity index (χ1v) is 12.4. The van der Waals surface area contributed by atoms with Crippen LogP contribution in [-0.2, 0) is 19.1 Å². The van der Waals surface area contributed by atoms with Gasteiger partial charge in [-0.2, -0.15) is 0 Å². The fourth-order valence-electron chi connectivity index (χ4n) is 3.28. The monoisotopic (exact) mass is 490 g/mol. The molecule has 2 aromatic rings. The van der Waals surface area contributed by atoms with Crippen LogP contribution in [0.4, 0.5) is 5.00 Å². The van der Waals surface area contributed by atoms with Crippen LogP contribution in [0.1, 0.15) is 45.4 Å². The molecule has 1 fully saturated rings. The van der Waals surface area contributed by atoms with Crippen molar-refractivity contribution in [2.45, 2.75) is 31.6 Å². The minimum Gasteiger partial charge on any atom is -0.462 e. The number of anilines is 1. The number of thiophene rings is 1. The highest BCUT2D eigenvalue weighted by Gasteiger charge is 2.21. The average Bonchev–Trinajstić information content (AvgIpc) is 3.46. The lowest BCUT2D eigenvalue weighted by Gasteiger charge is -2.15. The van der Waals surface area contributed by atoms with E-state index in [2.05, 4.69) is 5.32 Å². The summed E-state index contributed by atoms with van der Waals surface area (Å²) in [5.74, 6) is -1.31. The topological polar surface area (TPSA) is 102 Å². The van der Waals surface area contributed by atoms with Gasteiger partial charge in [0.25, 0.3) is 5.91 Å². The maximum Gasteiger partial charge on any atom is 0.348 e. The van der Waals surface area contributed by atoms with Gasteiger partial charge >= 0.3 is 11.9 Å². The van der Waals surface area contributed by atoms with Crippen LogP contribution in [-0.4, -0.2) is 60.7 Å². The van der Waals surface area contributed by atoms with Gasteiger partial charge in [-0.05, 0) is 50.5 Å². The van der Waals surface area contributed by atoms with E-state index in [1.54, 1.807) is 44.2 Å². The van der Waals surface area contributed by atoms with Crippen LogP contribution in [0, 0.1) is 6.92 Å². The molecule has 2 heterocycles. The van der Waals surface area contributed by atoms with Crippen molar-refractivity contribution in [2.75, 3.05) is 37.4 Å². The molecule has 1 N–H and O–H groups in total. The van der Waals surface area contributed by atoms with Gasteiger partial charge in [0, 0.05) is 18.0 Å². The molecule has 10 heteroatoms. The minimum absolute atomic E-state index is 0.0495. The van der Waals surface area contributed by atoms with E-state index in [0.717, 1.165) is 37.3 Å². The molecule has 0 bridgehead atoms. The molecule has 8 nitrogen and oxygen atoms in total. The van der Waals surface area contributed by atoms with E-state index in [9.17, 15) is 19.2 Å². The molecule has 1 aliphatic heterocycles. The number of rotatable bonds is 9. The molecule has 1 saturated heterocycles. The van der Waals surface area contributed by atoms with E-state index in [-0.39, 0.29) is 18.3 Å². The summed E-state index contributed by atoms with van der Waals surface area (Å²) in [5, 5.41) is 3.10. The summed E-state index contributed by atoms with van der Waals surface area (Å²) in [6, 6.07) is 8.52. The molecule has 1 aromatic carbocycles. The predicted octanol–water partition coefficient (Wildman–Crippen LogP) is 3.74. The van der Waals surface area contributed by atoms with Gasteiger partial charge in [0.15, 0.2) is 6.61 Å². The number of ether oxygens (including phenoxy) is 2. The average molecular weight is 491 g/mol. The number of thioether (sulfide) groups is 1. The number of nitrogens with zero attached hydrogens (tertiary/aromatic N) is 1. The van der Waals surface area contributed by atoms with Crippen molar-refractivity contribution in [1.29, 1.82) is 0 Å². The van der Waals surface area contributed by atoms with Gasteiger partial charge in [-0.1, -0.05) is 12.1 Å². The van der Waals surface area contributed by atoms with Gasteiger partial charge in [0.2, 0.25) is 5.91 Å². The summed E-state index contributed by atoms with van der Waals surface area (Å²) in [6.45, 7) is 4.82. The largest absolute Gasteiger partial charge is 0.462 e. The van der Waals surface area contributed by atoms with Crippen molar-refractivity contribution >= 4 is 51.9 Å². The smallest absolute Gasteiger partial charge is 0.348 e. The van der Waals surface area contributed by atoms with Gasteiger partial charge in [-0.15, -0.1) is 23.1 Å². The molecule has 1 aliphatic rings. The molecule has 3 rings (SSSR count). The third-order valence-electron chi connectivity index (χ3n) is 4.89. The Morgan fingerprint density at radius 3 is 2.55 bits per heavy atom. The van der Waals surface area contributed by atoms with Crippen LogP contribution in [0.25, 0.3) is 0 Å². The minimum atomic E-state index is -0.642. The van der Waals surface area contributed by atoms with Crippen molar-refractivity contribution in [1.82, 2.24) is 4.90 Å². The Hall–Kier alpha value is -2.85. The quantitative estimate of drug-likeness (QED) is 0.422. The molecule has 0 aliphatic carbocycles. The molecule has 176 valence electrons. The number of carbonyl (C=O) groups is 4. The molecule has 0 unspecified atom stereocenters. The summed E-state index contributed by atoms with van der Waals surface area (Å²) in [7, 11) is 0. The number of likely N-dealkylation sites (tertiary alicyclic amines) is 1. The van der Waals surface area contributed by atoms with Crippen LogP contribution >= 0.6 is 23.1 Å². The number of carbonyl (C=O) groups excluding carboxylic acids is 4. The molecule has 0 spiro atoms. The fourth-order valence-corrected chi connectivity index (χ4v) is 5.21. The third-order valence-corrected chi connectivity index (χ3v) is 7.08. The zero-order chi connectivity index (χ0) is 23.8. The molecule has 0 atom stereocenters. The maximum absolute atomic E-state index is 12.6. The Bertz CT molecular complexity index is 1030.